The molecule has 0 saturated heterocycles. The molecular formula is C20H21NO4. The molecule has 0 unspecified atom stereocenters. The maximum absolute atomic E-state index is 12.0. The molecule has 1 aromatic heterocycles. The van der Waals surface area contributed by atoms with E-state index >= 15 is 0 Å². The average Bonchev–Trinajstić information content (AvgIpc) is 3.06. The third kappa shape index (κ3) is 3.83. The van der Waals surface area contributed by atoms with Gasteiger partial charge in [0.05, 0.1) is 24.8 Å². The molecule has 0 spiro atoms. The van der Waals surface area contributed by atoms with E-state index in [1.165, 1.54) is 7.11 Å². The van der Waals surface area contributed by atoms with Crippen molar-refractivity contribution in [1.82, 2.24) is 4.57 Å². The smallest absolute Gasteiger partial charge is 0.340 e. The number of carbonyl (C=O) groups is 1. The number of rotatable bonds is 7. The fourth-order valence-electron chi connectivity index (χ4n) is 2.80. The van der Waals surface area contributed by atoms with Gasteiger partial charge in [-0.1, -0.05) is 24.3 Å². The van der Waals surface area contributed by atoms with Crippen molar-refractivity contribution in [2.24, 2.45) is 0 Å². The van der Waals surface area contributed by atoms with Crippen LogP contribution in [0.4, 0.5) is 0 Å². The molecule has 0 N–H and O–H groups in total. The van der Waals surface area contributed by atoms with Crippen LogP contribution in [0.5, 0.6) is 5.75 Å². The number of esters is 1. The molecule has 1 heterocycles. The second-order valence-corrected chi connectivity index (χ2v) is 5.66. The molecule has 3 rings (SSSR count). The van der Waals surface area contributed by atoms with Crippen LogP contribution in [0.3, 0.4) is 0 Å². The SMILES string of the molecule is COCCOc1ccc(Cn2ccc3cccc(C(=O)OC)c32)cc1. The molecule has 0 aliphatic carbocycles. The molecule has 5 heteroatoms. The molecule has 0 radical (unpaired) electrons. The van der Waals surface area contributed by atoms with Gasteiger partial charge in [-0.2, -0.15) is 0 Å². The van der Waals surface area contributed by atoms with Gasteiger partial charge in [-0.25, -0.2) is 4.79 Å². The third-order valence-electron chi connectivity index (χ3n) is 4.03. The molecule has 0 fully saturated rings. The lowest BCUT2D eigenvalue weighted by Crippen LogP contribution is -2.06. The molecule has 25 heavy (non-hydrogen) atoms. The highest BCUT2D eigenvalue weighted by atomic mass is 16.5. The summed E-state index contributed by atoms with van der Waals surface area (Å²) in [5.74, 6) is 0.487. The zero-order valence-electron chi connectivity index (χ0n) is 14.4. The number of aromatic nitrogens is 1. The molecular weight excluding hydrogens is 318 g/mol. The first kappa shape index (κ1) is 17.0. The van der Waals surface area contributed by atoms with Crippen LogP contribution in [0.15, 0.2) is 54.7 Å². The highest BCUT2D eigenvalue weighted by molar-refractivity contribution is 6.03. The van der Waals surface area contributed by atoms with Crippen LogP contribution in [0.25, 0.3) is 10.9 Å². The Labute approximate surface area is 146 Å². The van der Waals surface area contributed by atoms with Crippen molar-refractivity contribution in [1.29, 1.82) is 0 Å². The number of para-hydroxylation sites is 1. The first-order valence-corrected chi connectivity index (χ1v) is 8.10. The number of nitrogens with zero attached hydrogens (tertiary/aromatic N) is 1. The molecule has 2 aromatic carbocycles. The minimum Gasteiger partial charge on any atom is -0.491 e. The van der Waals surface area contributed by atoms with Crippen molar-refractivity contribution in [3.05, 3.63) is 65.9 Å². The van der Waals surface area contributed by atoms with Gasteiger partial charge < -0.3 is 18.8 Å². The van der Waals surface area contributed by atoms with E-state index in [0.29, 0.717) is 25.3 Å². The van der Waals surface area contributed by atoms with Gasteiger partial charge in [-0.05, 0) is 29.8 Å². The van der Waals surface area contributed by atoms with Crippen LogP contribution in [0, 0.1) is 0 Å². The Bertz CT molecular complexity index is 852. The van der Waals surface area contributed by atoms with Gasteiger partial charge in [0.15, 0.2) is 0 Å². The number of fused-ring (bicyclic) bond motifs is 1. The lowest BCUT2D eigenvalue weighted by Gasteiger charge is -2.10. The number of ether oxygens (including phenoxy) is 3. The maximum Gasteiger partial charge on any atom is 0.340 e. The summed E-state index contributed by atoms with van der Waals surface area (Å²) in [5, 5.41) is 1.02. The van der Waals surface area contributed by atoms with Crippen LogP contribution >= 0.6 is 0 Å². The summed E-state index contributed by atoms with van der Waals surface area (Å²) >= 11 is 0. The van der Waals surface area contributed by atoms with Gasteiger partial charge in [0.25, 0.3) is 0 Å². The fraction of sp³-hybridized carbons (Fsp3) is 0.250. The van der Waals surface area contributed by atoms with Crippen molar-refractivity contribution in [2.45, 2.75) is 6.54 Å². The Morgan fingerprint density at radius 1 is 1.00 bits per heavy atom. The van der Waals surface area contributed by atoms with E-state index in [4.69, 9.17) is 14.2 Å². The number of methoxy groups -OCH3 is 2. The van der Waals surface area contributed by atoms with Gasteiger partial charge in [0, 0.05) is 25.2 Å². The van der Waals surface area contributed by atoms with Crippen LogP contribution < -0.4 is 4.74 Å². The zero-order valence-corrected chi connectivity index (χ0v) is 14.4. The van der Waals surface area contributed by atoms with Crippen LogP contribution in [-0.4, -0.2) is 38.0 Å². The average molecular weight is 339 g/mol. The second kappa shape index (κ2) is 7.85. The Kier molecular flexibility index (Phi) is 5.36. The molecule has 3 aromatic rings. The van der Waals surface area contributed by atoms with Crippen molar-refractivity contribution in [3.63, 3.8) is 0 Å². The van der Waals surface area contributed by atoms with Gasteiger partial charge in [0.1, 0.15) is 12.4 Å². The summed E-state index contributed by atoms with van der Waals surface area (Å²) in [7, 11) is 3.05. The van der Waals surface area contributed by atoms with E-state index in [2.05, 4.69) is 4.57 Å². The minimum atomic E-state index is -0.326. The molecule has 0 amide bonds. The Morgan fingerprint density at radius 3 is 2.52 bits per heavy atom. The minimum absolute atomic E-state index is 0.326. The van der Waals surface area contributed by atoms with Crippen LogP contribution in [0.1, 0.15) is 15.9 Å². The highest BCUT2D eigenvalue weighted by Gasteiger charge is 2.13. The van der Waals surface area contributed by atoms with Crippen molar-refractivity contribution in [3.8, 4) is 5.75 Å². The molecule has 5 nitrogen and oxygen atoms in total. The van der Waals surface area contributed by atoms with Gasteiger partial charge >= 0.3 is 5.97 Å². The largest absolute Gasteiger partial charge is 0.491 e. The quantitative estimate of drug-likeness (QED) is 0.488. The first-order valence-electron chi connectivity index (χ1n) is 8.10. The van der Waals surface area contributed by atoms with Crippen LogP contribution in [-0.2, 0) is 16.0 Å². The number of hydrogen-bond donors (Lipinski definition) is 0. The van der Waals surface area contributed by atoms with Crippen molar-refractivity contribution >= 4 is 16.9 Å². The zero-order chi connectivity index (χ0) is 17.6. The van der Waals surface area contributed by atoms with Gasteiger partial charge in [-0.3, -0.25) is 0 Å². The molecule has 0 aliphatic heterocycles. The Morgan fingerprint density at radius 2 is 1.80 bits per heavy atom. The van der Waals surface area contributed by atoms with Crippen molar-refractivity contribution < 1.29 is 19.0 Å². The van der Waals surface area contributed by atoms with E-state index in [1.54, 1.807) is 13.2 Å². The summed E-state index contributed by atoms with van der Waals surface area (Å²) in [6.45, 7) is 1.75. The number of benzene rings is 2. The summed E-state index contributed by atoms with van der Waals surface area (Å²) < 4.78 is 17.5. The maximum atomic E-state index is 12.0. The summed E-state index contributed by atoms with van der Waals surface area (Å²) in [5.41, 5.74) is 2.58. The lowest BCUT2D eigenvalue weighted by atomic mass is 10.1. The molecule has 130 valence electrons. The van der Waals surface area contributed by atoms with E-state index in [9.17, 15) is 4.79 Å². The summed E-state index contributed by atoms with van der Waals surface area (Å²) in [6.07, 6.45) is 1.99. The number of hydrogen-bond acceptors (Lipinski definition) is 4. The van der Waals surface area contributed by atoms with E-state index < -0.39 is 0 Å². The topological polar surface area (TPSA) is 49.7 Å². The second-order valence-electron chi connectivity index (χ2n) is 5.66. The van der Waals surface area contributed by atoms with Gasteiger partial charge in [0.2, 0.25) is 0 Å². The van der Waals surface area contributed by atoms with Gasteiger partial charge in [-0.15, -0.1) is 0 Å². The first-order chi connectivity index (χ1) is 12.2. The molecule has 0 aliphatic rings. The third-order valence-corrected chi connectivity index (χ3v) is 4.03. The molecule has 0 bridgehead atoms. The number of carbonyl (C=O) groups excluding carboxylic acids is 1. The Balaban J connectivity index is 1.82. The normalized spacial score (nSPS) is 10.8. The predicted molar refractivity (Wildman–Crippen MR) is 96.2 cm³/mol. The molecule has 0 atom stereocenters. The lowest BCUT2D eigenvalue weighted by molar-refractivity contribution is 0.0602. The van der Waals surface area contributed by atoms with Crippen LogP contribution in [0.2, 0.25) is 0 Å². The van der Waals surface area contributed by atoms with E-state index in [-0.39, 0.29) is 5.97 Å². The van der Waals surface area contributed by atoms with Crippen molar-refractivity contribution in [2.75, 3.05) is 27.4 Å². The molecule has 0 saturated carbocycles. The fourth-order valence-corrected chi connectivity index (χ4v) is 2.80. The Hall–Kier alpha value is -2.79. The standard InChI is InChI=1S/C20H21NO4/c1-23-12-13-25-17-8-6-15(7-9-17)14-21-11-10-16-4-3-5-18(19(16)21)20(22)24-2/h3-11H,12-14H2,1-2H3. The highest BCUT2D eigenvalue weighted by Crippen LogP contribution is 2.23. The predicted octanol–water partition coefficient (Wildman–Crippen LogP) is 3.50. The monoisotopic (exact) mass is 339 g/mol. The summed E-state index contributed by atoms with van der Waals surface area (Å²) in [6, 6.07) is 15.6. The van der Waals surface area contributed by atoms with E-state index in [1.807, 2.05) is 48.7 Å². The summed E-state index contributed by atoms with van der Waals surface area (Å²) in [4.78, 5) is 12.0. The van der Waals surface area contributed by atoms with E-state index in [0.717, 1.165) is 22.2 Å².